The van der Waals surface area contributed by atoms with Crippen LogP contribution in [0.5, 0.6) is 0 Å². The zero-order valence-corrected chi connectivity index (χ0v) is 21.3. The molecule has 2 atom stereocenters. The number of allylic oxidation sites excluding steroid dienone is 1. The predicted octanol–water partition coefficient (Wildman–Crippen LogP) is 3.66. The first-order valence-corrected chi connectivity index (χ1v) is 11.0. The van der Waals surface area contributed by atoms with Crippen LogP contribution < -0.4 is 5.32 Å². The molecule has 0 heterocycles. The summed E-state index contributed by atoms with van der Waals surface area (Å²) in [7, 11) is 5.55. The van der Waals surface area contributed by atoms with Crippen molar-refractivity contribution in [2.45, 2.75) is 92.8 Å². The molecule has 0 aromatic heterocycles. The van der Waals surface area contributed by atoms with Gasteiger partial charge in [-0.15, -0.1) is 0 Å². The van der Waals surface area contributed by atoms with Crippen LogP contribution >= 0.6 is 0 Å². The van der Waals surface area contributed by atoms with E-state index in [1.165, 1.54) is 6.92 Å². The Kier molecular flexibility index (Phi) is 10.5. The van der Waals surface area contributed by atoms with Crippen molar-refractivity contribution in [1.29, 1.82) is 0 Å². The monoisotopic (exact) mass is 423 g/mol. The molecule has 0 saturated carbocycles. The second-order valence-corrected chi connectivity index (χ2v) is 10.00. The lowest BCUT2D eigenvalue weighted by Gasteiger charge is -2.42. The molecule has 0 saturated heterocycles. The largest absolute Gasteiger partial charge is 0.342 e. The molecular weight excluding hydrogens is 378 g/mol. The highest BCUT2D eigenvalue weighted by molar-refractivity contribution is 5.94. The molecule has 0 aromatic rings. The van der Waals surface area contributed by atoms with Gasteiger partial charge in [-0.25, -0.2) is 0 Å². The van der Waals surface area contributed by atoms with Crippen LogP contribution in [0.15, 0.2) is 11.6 Å². The third-order valence-electron chi connectivity index (χ3n) is 6.29. The number of carbonyl (C=O) groups is 3. The van der Waals surface area contributed by atoms with E-state index < -0.39 is 17.0 Å². The van der Waals surface area contributed by atoms with Crippen molar-refractivity contribution in [2.24, 2.45) is 11.3 Å². The average Bonchev–Trinajstić information content (AvgIpc) is 2.62. The second kappa shape index (κ2) is 11.1. The van der Waals surface area contributed by atoms with Crippen LogP contribution in [0.3, 0.4) is 0 Å². The van der Waals surface area contributed by atoms with Gasteiger partial charge in [-0.1, -0.05) is 54.5 Å². The summed E-state index contributed by atoms with van der Waals surface area (Å²) in [5.41, 5.74) is -0.500. The van der Waals surface area contributed by atoms with E-state index in [0.717, 1.165) is 0 Å². The first kappa shape index (κ1) is 28.3. The number of hydrogen-bond acceptors (Lipinski definition) is 4. The maximum absolute atomic E-state index is 13.6. The zero-order valence-electron chi connectivity index (χ0n) is 21.3. The number of likely N-dealkylation sites (N-methyl/N-ethyl adjacent to an activating group) is 2. The molecule has 1 N–H and O–H groups in total. The smallest absolute Gasteiger partial charge is 0.245 e. The number of hydrogen-bond donors (Lipinski definition) is 1. The molecule has 2 amide bonds. The van der Waals surface area contributed by atoms with Crippen molar-refractivity contribution in [3.8, 4) is 0 Å². The Morgan fingerprint density at radius 3 is 1.73 bits per heavy atom. The molecule has 6 nitrogen and oxygen atoms in total. The highest BCUT2D eigenvalue weighted by atomic mass is 16.2. The van der Waals surface area contributed by atoms with Crippen molar-refractivity contribution in [1.82, 2.24) is 15.1 Å². The maximum atomic E-state index is 13.6. The van der Waals surface area contributed by atoms with Crippen LogP contribution in [0.4, 0.5) is 0 Å². The van der Waals surface area contributed by atoms with E-state index in [2.05, 4.69) is 5.32 Å². The van der Waals surface area contributed by atoms with Crippen molar-refractivity contribution in [2.75, 3.05) is 21.1 Å². The molecule has 0 rings (SSSR count). The van der Waals surface area contributed by atoms with Gasteiger partial charge in [0, 0.05) is 7.05 Å². The average molecular weight is 424 g/mol. The molecule has 0 aliphatic carbocycles. The SMILES string of the molecule is CCC(CC)(C(=O)NC(C(=O)N(C)C(/C=C(\C)C(C)=O)C(C)C)C(C)(C)C)N(C)C. The summed E-state index contributed by atoms with van der Waals surface area (Å²) in [6.07, 6.45) is 3.16. The third-order valence-corrected chi connectivity index (χ3v) is 6.29. The minimum atomic E-state index is -0.681. The zero-order chi connectivity index (χ0) is 24.0. The Balaban J connectivity index is 6.05. The standard InChI is InChI=1S/C24H45N3O3/c1-13-24(14-2,26(10)11)22(30)25-20(23(7,8)9)21(29)27(12)19(16(3)4)15-17(5)18(6)28/h15-16,19-20H,13-14H2,1-12H3,(H,25,30)/b17-15+. The summed E-state index contributed by atoms with van der Waals surface area (Å²) in [6.45, 7) is 17.2. The summed E-state index contributed by atoms with van der Waals surface area (Å²) < 4.78 is 0. The molecule has 0 aliphatic heterocycles. The van der Waals surface area contributed by atoms with E-state index in [4.69, 9.17) is 0 Å². The Morgan fingerprint density at radius 2 is 1.43 bits per heavy atom. The van der Waals surface area contributed by atoms with Crippen LogP contribution in [0.1, 0.15) is 75.2 Å². The second-order valence-electron chi connectivity index (χ2n) is 10.00. The van der Waals surface area contributed by atoms with E-state index in [1.54, 1.807) is 18.9 Å². The molecule has 0 aliphatic rings. The topological polar surface area (TPSA) is 69.7 Å². The summed E-state index contributed by atoms with van der Waals surface area (Å²) in [5.74, 6) is -0.168. The Morgan fingerprint density at radius 1 is 0.967 bits per heavy atom. The van der Waals surface area contributed by atoms with E-state index in [1.807, 2.05) is 73.5 Å². The van der Waals surface area contributed by atoms with E-state index >= 15 is 0 Å². The number of nitrogens with one attached hydrogen (secondary N) is 1. The lowest BCUT2D eigenvalue weighted by molar-refractivity contribution is -0.143. The van der Waals surface area contributed by atoms with Crippen molar-refractivity contribution in [3.05, 3.63) is 11.6 Å². The van der Waals surface area contributed by atoms with Gasteiger partial charge in [-0.2, -0.15) is 0 Å². The lowest BCUT2D eigenvalue weighted by atomic mass is 9.83. The van der Waals surface area contributed by atoms with Crippen LogP contribution in [0.2, 0.25) is 0 Å². The highest BCUT2D eigenvalue weighted by Crippen LogP contribution is 2.27. The summed E-state index contributed by atoms with van der Waals surface area (Å²) in [6, 6.07) is -0.918. The van der Waals surface area contributed by atoms with Gasteiger partial charge < -0.3 is 10.2 Å². The molecule has 0 radical (unpaired) electrons. The number of nitrogens with zero attached hydrogens (tertiary/aromatic N) is 2. The first-order chi connectivity index (χ1) is 13.6. The molecule has 174 valence electrons. The number of amides is 2. The summed E-state index contributed by atoms with van der Waals surface area (Å²) >= 11 is 0. The van der Waals surface area contributed by atoms with Gasteiger partial charge in [0.15, 0.2) is 5.78 Å². The van der Waals surface area contributed by atoms with Crippen molar-refractivity contribution in [3.63, 3.8) is 0 Å². The molecule has 0 aromatic carbocycles. The highest BCUT2D eigenvalue weighted by Gasteiger charge is 2.43. The van der Waals surface area contributed by atoms with Crippen LogP contribution in [0.25, 0.3) is 0 Å². The van der Waals surface area contributed by atoms with Gasteiger partial charge in [-0.05, 0) is 57.7 Å². The predicted molar refractivity (Wildman–Crippen MR) is 124 cm³/mol. The van der Waals surface area contributed by atoms with E-state index in [-0.39, 0.29) is 29.6 Å². The number of rotatable bonds is 10. The van der Waals surface area contributed by atoms with Gasteiger partial charge in [-0.3, -0.25) is 19.3 Å². The Labute approximate surface area is 184 Å². The van der Waals surface area contributed by atoms with Gasteiger partial charge >= 0.3 is 0 Å². The van der Waals surface area contributed by atoms with Crippen LogP contribution in [0, 0.1) is 11.3 Å². The van der Waals surface area contributed by atoms with Gasteiger partial charge in [0.2, 0.25) is 11.8 Å². The fourth-order valence-electron chi connectivity index (χ4n) is 3.80. The van der Waals surface area contributed by atoms with Crippen molar-refractivity contribution < 1.29 is 14.4 Å². The molecular formula is C24H45N3O3. The quantitative estimate of drug-likeness (QED) is 0.545. The van der Waals surface area contributed by atoms with Gasteiger partial charge in [0.25, 0.3) is 0 Å². The molecule has 2 unspecified atom stereocenters. The number of carbonyl (C=O) groups excluding carboxylic acids is 3. The summed E-state index contributed by atoms with van der Waals surface area (Å²) in [5, 5.41) is 3.07. The molecule has 0 spiro atoms. The minimum Gasteiger partial charge on any atom is -0.342 e. The Hall–Kier alpha value is -1.69. The Bertz CT molecular complexity index is 641. The molecule has 0 bridgehead atoms. The molecule has 30 heavy (non-hydrogen) atoms. The van der Waals surface area contributed by atoms with E-state index in [9.17, 15) is 14.4 Å². The fourth-order valence-corrected chi connectivity index (χ4v) is 3.80. The molecule has 0 fully saturated rings. The minimum absolute atomic E-state index is 0.0103. The number of ketones is 1. The maximum Gasteiger partial charge on any atom is 0.245 e. The van der Waals surface area contributed by atoms with Gasteiger partial charge in [0.1, 0.15) is 6.04 Å². The van der Waals surface area contributed by atoms with Crippen LogP contribution in [-0.2, 0) is 14.4 Å². The first-order valence-electron chi connectivity index (χ1n) is 11.0. The fraction of sp³-hybridized carbons (Fsp3) is 0.792. The third kappa shape index (κ3) is 6.66. The summed E-state index contributed by atoms with van der Waals surface area (Å²) in [4.78, 5) is 42.3. The normalized spacial score (nSPS) is 15.2. The van der Waals surface area contributed by atoms with Crippen LogP contribution in [-0.4, -0.2) is 66.2 Å². The number of Topliss-reactive ketones (excluding diaryl/α,β-unsaturated/α-hetero) is 1. The lowest BCUT2D eigenvalue weighted by Crippen LogP contribution is -2.63. The van der Waals surface area contributed by atoms with E-state index in [0.29, 0.717) is 18.4 Å². The van der Waals surface area contributed by atoms with Crippen molar-refractivity contribution >= 4 is 17.6 Å². The van der Waals surface area contributed by atoms with Gasteiger partial charge in [0.05, 0.1) is 11.6 Å². The molecule has 6 heteroatoms.